The number of carbonyl (C=O) groups is 1. The van der Waals surface area contributed by atoms with Gasteiger partial charge >= 0.3 is 0 Å². The molecule has 1 saturated heterocycles. The summed E-state index contributed by atoms with van der Waals surface area (Å²) in [4.78, 5) is 14.9. The van der Waals surface area contributed by atoms with Crippen molar-refractivity contribution >= 4 is 5.91 Å². The van der Waals surface area contributed by atoms with Crippen LogP contribution in [0.25, 0.3) is 0 Å². The van der Waals surface area contributed by atoms with Crippen LogP contribution in [0, 0.1) is 5.92 Å². The van der Waals surface area contributed by atoms with E-state index in [0.29, 0.717) is 6.61 Å². The average Bonchev–Trinajstić information content (AvgIpc) is 2.93. The average molecular weight is 296 g/mol. The SMILES string of the molecule is CCN(C)C1(CNC(=O)[C@@H]2CCOC(C)(C)C2)CCCC1. The molecule has 4 nitrogen and oxygen atoms in total. The second-order valence-corrected chi connectivity index (χ2v) is 7.46. The maximum Gasteiger partial charge on any atom is 0.223 e. The fourth-order valence-corrected chi connectivity index (χ4v) is 3.91. The minimum Gasteiger partial charge on any atom is -0.376 e. The number of likely N-dealkylation sites (N-methyl/N-ethyl adjacent to an activating group) is 1. The molecule has 1 N–H and O–H groups in total. The molecule has 1 atom stereocenters. The van der Waals surface area contributed by atoms with Crippen LogP contribution in [0.5, 0.6) is 0 Å². The zero-order chi connectivity index (χ0) is 15.5. The predicted octanol–water partition coefficient (Wildman–Crippen LogP) is 2.57. The van der Waals surface area contributed by atoms with Crippen molar-refractivity contribution in [3.63, 3.8) is 0 Å². The molecule has 1 aliphatic carbocycles. The van der Waals surface area contributed by atoms with Gasteiger partial charge in [-0.1, -0.05) is 19.8 Å². The minimum absolute atomic E-state index is 0.110. The quantitative estimate of drug-likeness (QED) is 0.848. The summed E-state index contributed by atoms with van der Waals surface area (Å²) in [5.41, 5.74) is 0.0244. The number of hydrogen-bond acceptors (Lipinski definition) is 3. The third-order valence-corrected chi connectivity index (χ3v) is 5.48. The van der Waals surface area contributed by atoms with E-state index in [0.717, 1.165) is 25.9 Å². The van der Waals surface area contributed by atoms with E-state index in [1.807, 2.05) is 0 Å². The topological polar surface area (TPSA) is 41.6 Å². The third-order valence-electron chi connectivity index (χ3n) is 5.48. The molecule has 1 heterocycles. The fraction of sp³-hybridized carbons (Fsp3) is 0.941. The van der Waals surface area contributed by atoms with Gasteiger partial charge in [-0.3, -0.25) is 9.69 Å². The Morgan fingerprint density at radius 3 is 2.57 bits per heavy atom. The highest BCUT2D eigenvalue weighted by atomic mass is 16.5. The lowest BCUT2D eigenvalue weighted by molar-refractivity contribution is -0.135. The largest absolute Gasteiger partial charge is 0.376 e. The molecule has 0 unspecified atom stereocenters. The van der Waals surface area contributed by atoms with Gasteiger partial charge in [0, 0.05) is 24.6 Å². The Hall–Kier alpha value is -0.610. The molecule has 122 valence electrons. The van der Waals surface area contributed by atoms with Crippen molar-refractivity contribution in [2.45, 2.75) is 70.4 Å². The van der Waals surface area contributed by atoms with E-state index < -0.39 is 0 Å². The number of rotatable bonds is 5. The van der Waals surface area contributed by atoms with Gasteiger partial charge in [0.1, 0.15) is 0 Å². The molecule has 4 heteroatoms. The van der Waals surface area contributed by atoms with E-state index in [9.17, 15) is 4.79 Å². The molecule has 1 aliphatic heterocycles. The van der Waals surface area contributed by atoms with E-state index in [2.05, 4.69) is 38.0 Å². The maximum atomic E-state index is 12.5. The summed E-state index contributed by atoms with van der Waals surface area (Å²) in [7, 11) is 2.19. The Labute approximate surface area is 129 Å². The standard InChI is InChI=1S/C17H32N2O2/c1-5-19(4)17(9-6-7-10-17)13-18-15(20)14-8-11-21-16(2,3)12-14/h14H,5-13H2,1-4H3,(H,18,20)/t14-/m1/s1. The summed E-state index contributed by atoms with van der Waals surface area (Å²) < 4.78 is 5.71. The molecular weight excluding hydrogens is 264 g/mol. The van der Waals surface area contributed by atoms with Gasteiger partial charge in [0.2, 0.25) is 5.91 Å². The highest BCUT2D eigenvalue weighted by Crippen LogP contribution is 2.34. The van der Waals surface area contributed by atoms with Crippen molar-refractivity contribution in [1.82, 2.24) is 10.2 Å². The number of nitrogens with one attached hydrogen (secondary N) is 1. The summed E-state index contributed by atoms with van der Waals surface area (Å²) >= 11 is 0. The predicted molar refractivity (Wildman–Crippen MR) is 85.3 cm³/mol. The zero-order valence-corrected chi connectivity index (χ0v) is 14.2. The smallest absolute Gasteiger partial charge is 0.223 e. The van der Waals surface area contributed by atoms with Crippen LogP contribution in [0.1, 0.15) is 59.3 Å². The van der Waals surface area contributed by atoms with Crippen LogP contribution < -0.4 is 5.32 Å². The van der Waals surface area contributed by atoms with E-state index >= 15 is 0 Å². The second-order valence-electron chi connectivity index (χ2n) is 7.46. The van der Waals surface area contributed by atoms with Crippen molar-refractivity contribution in [3.05, 3.63) is 0 Å². The molecule has 1 saturated carbocycles. The van der Waals surface area contributed by atoms with Gasteiger partial charge in [-0.25, -0.2) is 0 Å². The van der Waals surface area contributed by atoms with Crippen molar-refractivity contribution < 1.29 is 9.53 Å². The monoisotopic (exact) mass is 296 g/mol. The Balaban J connectivity index is 1.90. The van der Waals surface area contributed by atoms with Gasteiger partial charge < -0.3 is 10.1 Å². The van der Waals surface area contributed by atoms with Gasteiger partial charge in [-0.05, 0) is 53.1 Å². The van der Waals surface area contributed by atoms with Crippen LogP contribution in [0.2, 0.25) is 0 Å². The van der Waals surface area contributed by atoms with Crippen molar-refractivity contribution in [2.24, 2.45) is 5.92 Å². The summed E-state index contributed by atoms with van der Waals surface area (Å²) in [6, 6.07) is 0. The molecule has 2 aliphatic rings. The Kier molecular flexibility index (Phi) is 5.31. The molecule has 0 radical (unpaired) electrons. The Bertz CT molecular complexity index is 362. The van der Waals surface area contributed by atoms with Gasteiger partial charge in [-0.2, -0.15) is 0 Å². The van der Waals surface area contributed by atoms with Crippen molar-refractivity contribution in [2.75, 3.05) is 26.7 Å². The molecular formula is C17H32N2O2. The van der Waals surface area contributed by atoms with Crippen molar-refractivity contribution in [3.8, 4) is 0 Å². The molecule has 2 fully saturated rings. The van der Waals surface area contributed by atoms with E-state index in [-0.39, 0.29) is 23.0 Å². The molecule has 2 rings (SSSR count). The zero-order valence-electron chi connectivity index (χ0n) is 14.2. The van der Waals surface area contributed by atoms with E-state index in [1.165, 1.54) is 25.7 Å². The molecule has 0 aromatic rings. The van der Waals surface area contributed by atoms with Gasteiger partial charge in [0.05, 0.1) is 5.60 Å². The lowest BCUT2D eigenvalue weighted by Crippen LogP contribution is -2.53. The molecule has 0 aromatic carbocycles. The van der Waals surface area contributed by atoms with E-state index in [4.69, 9.17) is 4.74 Å². The second kappa shape index (κ2) is 6.66. The maximum absolute atomic E-state index is 12.5. The number of amides is 1. The Morgan fingerprint density at radius 1 is 1.33 bits per heavy atom. The van der Waals surface area contributed by atoms with E-state index in [1.54, 1.807) is 0 Å². The van der Waals surface area contributed by atoms with Gasteiger partial charge in [0.25, 0.3) is 0 Å². The lowest BCUT2D eigenvalue weighted by atomic mass is 9.87. The van der Waals surface area contributed by atoms with Crippen LogP contribution in [0.15, 0.2) is 0 Å². The summed E-state index contributed by atoms with van der Waals surface area (Å²) in [6.07, 6.45) is 6.66. The third kappa shape index (κ3) is 3.98. The molecule has 1 amide bonds. The first-order chi connectivity index (χ1) is 9.88. The van der Waals surface area contributed by atoms with Gasteiger partial charge in [0.15, 0.2) is 0 Å². The Morgan fingerprint density at radius 2 is 2.00 bits per heavy atom. The van der Waals surface area contributed by atoms with Crippen LogP contribution >= 0.6 is 0 Å². The summed E-state index contributed by atoms with van der Waals surface area (Å²) in [6.45, 7) is 8.90. The molecule has 21 heavy (non-hydrogen) atoms. The number of nitrogens with zero attached hydrogens (tertiary/aromatic N) is 1. The minimum atomic E-state index is -0.161. The first kappa shape index (κ1) is 16.8. The van der Waals surface area contributed by atoms with Crippen LogP contribution in [0.4, 0.5) is 0 Å². The molecule has 0 bridgehead atoms. The summed E-state index contributed by atoms with van der Waals surface area (Å²) in [5, 5.41) is 3.25. The number of carbonyl (C=O) groups excluding carboxylic acids is 1. The normalized spacial score (nSPS) is 27.8. The number of ether oxygens (including phenoxy) is 1. The van der Waals surface area contributed by atoms with Crippen LogP contribution in [0.3, 0.4) is 0 Å². The molecule has 0 spiro atoms. The fourth-order valence-electron chi connectivity index (χ4n) is 3.91. The summed E-state index contributed by atoms with van der Waals surface area (Å²) in [5.74, 6) is 0.335. The molecule has 0 aromatic heterocycles. The van der Waals surface area contributed by atoms with Crippen molar-refractivity contribution in [1.29, 1.82) is 0 Å². The first-order valence-electron chi connectivity index (χ1n) is 8.51. The number of hydrogen-bond donors (Lipinski definition) is 1. The van der Waals surface area contributed by atoms with Gasteiger partial charge in [-0.15, -0.1) is 0 Å². The lowest BCUT2D eigenvalue weighted by Gasteiger charge is -2.39. The highest BCUT2D eigenvalue weighted by molar-refractivity contribution is 5.78. The van der Waals surface area contributed by atoms with Crippen LogP contribution in [-0.2, 0) is 9.53 Å². The van der Waals surface area contributed by atoms with Crippen LogP contribution in [-0.4, -0.2) is 48.7 Å². The highest BCUT2D eigenvalue weighted by Gasteiger charge is 2.38. The first-order valence-corrected chi connectivity index (χ1v) is 8.51.